The van der Waals surface area contributed by atoms with E-state index in [0.29, 0.717) is 0 Å². The Kier molecular flexibility index (Phi) is 3.63. The highest BCUT2D eigenvalue weighted by molar-refractivity contribution is 6.30. The summed E-state index contributed by atoms with van der Waals surface area (Å²) >= 11 is 5.62. The van der Waals surface area contributed by atoms with E-state index >= 15 is 0 Å². The Labute approximate surface area is 103 Å². The Bertz CT molecular complexity index is 471. The van der Waals surface area contributed by atoms with Gasteiger partial charge in [0.25, 0.3) is 5.91 Å². The summed E-state index contributed by atoms with van der Waals surface area (Å²) in [5.74, 6) is -2.14. The molecule has 0 fully saturated rings. The topological polar surface area (TPSA) is 86.6 Å². The van der Waals surface area contributed by atoms with Crippen LogP contribution in [0.1, 0.15) is 24.2 Å². The average Bonchev–Trinajstić information content (AvgIpc) is 2.15. The average molecular weight is 258 g/mol. The molecule has 0 unspecified atom stereocenters. The molecule has 5 nitrogen and oxygen atoms in total. The second-order valence-corrected chi connectivity index (χ2v) is 4.48. The maximum absolute atomic E-state index is 11.7. The minimum atomic E-state index is -1.41. The van der Waals surface area contributed by atoms with Crippen LogP contribution >= 0.6 is 11.6 Å². The maximum atomic E-state index is 11.7. The first-order chi connectivity index (χ1) is 7.74. The number of phenolic OH excluding ortho intramolecular Hbond substituents is 1. The van der Waals surface area contributed by atoms with Gasteiger partial charge in [-0.1, -0.05) is 11.6 Å². The lowest BCUT2D eigenvalue weighted by molar-refractivity contribution is -0.143. The number of halogens is 1. The summed E-state index contributed by atoms with van der Waals surface area (Å²) < 4.78 is 0. The number of nitrogens with one attached hydrogen (secondary N) is 1. The van der Waals surface area contributed by atoms with Gasteiger partial charge in [0.2, 0.25) is 0 Å². The minimum Gasteiger partial charge on any atom is -0.507 e. The molecule has 1 amide bonds. The molecule has 3 N–H and O–H groups in total. The second kappa shape index (κ2) is 4.63. The number of aromatic hydroxyl groups is 1. The van der Waals surface area contributed by atoms with E-state index in [1.54, 1.807) is 0 Å². The number of carbonyl (C=O) groups excluding carboxylic acids is 1. The van der Waals surface area contributed by atoms with Crippen LogP contribution in [-0.2, 0) is 4.79 Å². The zero-order valence-corrected chi connectivity index (χ0v) is 10.1. The van der Waals surface area contributed by atoms with Crippen LogP contribution in [0.5, 0.6) is 5.75 Å². The normalized spacial score (nSPS) is 11.0. The SMILES string of the molecule is CC(C)(NC(=O)c1ccc(Cl)cc1O)C(=O)O. The molecular weight excluding hydrogens is 246 g/mol. The molecule has 0 spiro atoms. The molecule has 1 aromatic rings. The zero-order chi connectivity index (χ0) is 13.2. The van der Waals surface area contributed by atoms with Crippen LogP contribution in [0.15, 0.2) is 18.2 Å². The van der Waals surface area contributed by atoms with Crippen LogP contribution in [0.3, 0.4) is 0 Å². The van der Waals surface area contributed by atoms with Crippen molar-refractivity contribution in [2.75, 3.05) is 0 Å². The molecule has 0 aliphatic heterocycles. The molecular formula is C11H12ClNO4. The quantitative estimate of drug-likeness (QED) is 0.768. The van der Waals surface area contributed by atoms with Gasteiger partial charge in [0.1, 0.15) is 11.3 Å². The first-order valence-corrected chi connectivity index (χ1v) is 5.16. The fraction of sp³-hybridized carbons (Fsp3) is 0.273. The molecule has 0 atom stereocenters. The molecule has 1 rings (SSSR count). The lowest BCUT2D eigenvalue weighted by Gasteiger charge is -2.21. The van der Waals surface area contributed by atoms with Crippen molar-refractivity contribution in [1.82, 2.24) is 5.32 Å². The van der Waals surface area contributed by atoms with Gasteiger partial charge in [-0.2, -0.15) is 0 Å². The summed E-state index contributed by atoms with van der Waals surface area (Å²) in [6.07, 6.45) is 0. The van der Waals surface area contributed by atoms with Gasteiger partial charge in [-0.3, -0.25) is 4.79 Å². The molecule has 0 saturated heterocycles. The van der Waals surface area contributed by atoms with Crippen molar-refractivity contribution >= 4 is 23.5 Å². The Balaban J connectivity index is 2.95. The number of amides is 1. The lowest BCUT2D eigenvalue weighted by Crippen LogP contribution is -2.49. The highest BCUT2D eigenvalue weighted by atomic mass is 35.5. The smallest absolute Gasteiger partial charge is 0.328 e. The fourth-order valence-corrected chi connectivity index (χ4v) is 1.27. The molecule has 92 valence electrons. The van der Waals surface area contributed by atoms with E-state index in [1.807, 2.05) is 0 Å². The van der Waals surface area contributed by atoms with Crippen LogP contribution in [-0.4, -0.2) is 27.6 Å². The van der Waals surface area contributed by atoms with E-state index in [0.717, 1.165) is 0 Å². The number of benzene rings is 1. The maximum Gasteiger partial charge on any atom is 0.328 e. The van der Waals surface area contributed by atoms with Gasteiger partial charge < -0.3 is 15.5 Å². The summed E-state index contributed by atoms with van der Waals surface area (Å²) in [6.45, 7) is 2.69. The van der Waals surface area contributed by atoms with Gasteiger partial charge in [-0.25, -0.2) is 4.79 Å². The van der Waals surface area contributed by atoms with Crippen molar-refractivity contribution < 1.29 is 19.8 Å². The highest BCUT2D eigenvalue weighted by Gasteiger charge is 2.30. The first-order valence-electron chi connectivity index (χ1n) is 4.78. The van der Waals surface area contributed by atoms with Gasteiger partial charge >= 0.3 is 5.97 Å². The molecule has 0 bridgehead atoms. The van der Waals surface area contributed by atoms with Crippen LogP contribution in [0, 0.1) is 0 Å². The van der Waals surface area contributed by atoms with E-state index in [2.05, 4.69) is 5.32 Å². The zero-order valence-electron chi connectivity index (χ0n) is 9.32. The first kappa shape index (κ1) is 13.3. The van der Waals surface area contributed by atoms with E-state index in [4.69, 9.17) is 16.7 Å². The Hall–Kier alpha value is -1.75. The molecule has 0 radical (unpaired) electrons. The van der Waals surface area contributed by atoms with E-state index in [9.17, 15) is 14.7 Å². The summed E-state index contributed by atoms with van der Waals surface area (Å²) in [5, 5.41) is 20.9. The number of carbonyl (C=O) groups is 2. The molecule has 6 heteroatoms. The van der Waals surface area contributed by atoms with Crippen molar-refractivity contribution in [2.24, 2.45) is 0 Å². The number of rotatable bonds is 3. The van der Waals surface area contributed by atoms with E-state index < -0.39 is 17.4 Å². The van der Waals surface area contributed by atoms with Gasteiger partial charge in [-0.15, -0.1) is 0 Å². The summed E-state index contributed by atoms with van der Waals surface area (Å²) in [5.41, 5.74) is -1.44. The van der Waals surface area contributed by atoms with Crippen LogP contribution < -0.4 is 5.32 Å². The van der Waals surface area contributed by atoms with Crippen molar-refractivity contribution in [3.05, 3.63) is 28.8 Å². The van der Waals surface area contributed by atoms with Gasteiger partial charge in [-0.05, 0) is 32.0 Å². The molecule has 0 aliphatic carbocycles. The summed E-state index contributed by atoms with van der Waals surface area (Å²) in [4.78, 5) is 22.5. The number of phenols is 1. The molecule has 0 saturated carbocycles. The van der Waals surface area contributed by atoms with Crippen molar-refractivity contribution in [3.63, 3.8) is 0 Å². The third-order valence-corrected chi connectivity index (χ3v) is 2.40. The molecule has 17 heavy (non-hydrogen) atoms. The standard InChI is InChI=1S/C11H12ClNO4/c1-11(2,10(16)17)13-9(15)7-4-3-6(12)5-8(7)14/h3-5,14H,1-2H3,(H,13,15)(H,16,17). The monoisotopic (exact) mass is 257 g/mol. The van der Waals surface area contributed by atoms with Gasteiger partial charge in [0.15, 0.2) is 0 Å². The van der Waals surface area contributed by atoms with Crippen LogP contribution in [0.4, 0.5) is 0 Å². The predicted octanol–water partition coefficient (Wildman–Crippen LogP) is 1.64. The number of hydrogen-bond acceptors (Lipinski definition) is 3. The van der Waals surface area contributed by atoms with Crippen molar-refractivity contribution in [3.8, 4) is 5.75 Å². The fourth-order valence-electron chi connectivity index (χ4n) is 1.10. The second-order valence-electron chi connectivity index (χ2n) is 4.05. The Morgan fingerprint density at radius 1 is 1.35 bits per heavy atom. The third-order valence-electron chi connectivity index (χ3n) is 2.17. The lowest BCUT2D eigenvalue weighted by atomic mass is 10.0. The number of carboxylic acid groups (broad SMARTS) is 1. The number of hydrogen-bond donors (Lipinski definition) is 3. The van der Waals surface area contributed by atoms with E-state index in [-0.39, 0.29) is 16.3 Å². The van der Waals surface area contributed by atoms with Gasteiger partial charge in [0, 0.05) is 5.02 Å². The van der Waals surface area contributed by atoms with Crippen molar-refractivity contribution in [2.45, 2.75) is 19.4 Å². The van der Waals surface area contributed by atoms with Crippen LogP contribution in [0.25, 0.3) is 0 Å². The predicted molar refractivity (Wildman–Crippen MR) is 62.3 cm³/mol. The molecule has 0 aliphatic rings. The van der Waals surface area contributed by atoms with Crippen LogP contribution in [0.2, 0.25) is 5.02 Å². The molecule has 1 aromatic carbocycles. The Morgan fingerprint density at radius 3 is 2.41 bits per heavy atom. The Morgan fingerprint density at radius 2 is 1.94 bits per heavy atom. The molecule has 0 aromatic heterocycles. The van der Waals surface area contributed by atoms with Gasteiger partial charge in [0.05, 0.1) is 5.56 Å². The highest BCUT2D eigenvalue weighted by Crippen LogP contribution is 2.22. The van der Waals surface area contributed by atoms with E-state index in [1.165, 1.54) is 32.0 Å². The third kappa shape index (κ3) is 3.10. The number of aliphatic carboxylic acids is 1. The van der Waals surface area contributed by atoms with Crippen molar-refractivity contribution in [1.29, 1.82) is 0 Å². The largest absolute Gasteiger partial charge is 0.507 e. The molecule has 0 heterocycles. The summed E-state index contributed by atoms with van der Waals surface area (Å²) in [7, 11) is 0. The minimum absolute atomic E-state index is 0.0243. The summed E-state index contributed by atoms with van der Waals surface area (Å²) in [6, 6.07) is 3.97. The number of carboxylic acids is 1.